The van der Waals surface area contributed by atoms with Crippen molar-refractivity contribution in [3.05, 3.63) is 18.1 Å². The summed E-state index contributed by atoms with van der Waals surface area (Å²) in [4.78, 5) is 22.4. The molecule has 0 radical (unpaired) electrons. The number of aromatic nitrogens is 2. The Bertz CT molecular complexity index is 443. The van der Waals surface area contributed by atoms with Gasteiger partial charge in [0.25, 0.3) is 5.91 Å². The molecule has 2 rings (SSSR count). The lowest BCUT2D eigenvalue weighted by Crippen LogP contribution is -2.32. The number of amides is 1. The average molecular weight is 278 g/mol. The Labute approximate surface area is 119 Å². The maximum Gasteiger partial charge on any atom is 0.270 e. The number of hydrogen-bond donors (Lipinski definition) is 1. The van der Waals surface area contributed by atoms with Crippen LogP contribution in [0.15, 0.2) is 12.4 Å². The molecule has 1 N–H and O–H groups in total. The first-order valence-corrected chi connectivity index (χ1v) is 7.21. The van der Waals surface area contributed by atoms with Gasteiger partial charge in [0.05, 0.1) is 6.10 Å². The topological polar surface area (TPSA) is 67.4 Å². The number of carbonyl (C=O) groups excluding carboxylic acids is 1. The Kier molecular flexibility index (Phi) is 5.29. The van der Waals surface area contributed by atoms with Gasteiger partial charge >= 0.3 is 0 Å². The van der Waals surface area contributed by atoms with Crippen LogP contribution in [0.1, 0.15) is 37.2 Å². The molecule has 1 amide bonds. The number of ether oxygens (including phenoxy) is 1. The highest BCUT2D eigenvalue weighted by molar-refractivity contribution is 5.92. The smallest absolute Gasteiger partial charge is 0.270 e. The van der Waals surface area contributed by atoms with E-state index in [4.69, 9.17) is 4.74 Å². The zero-order valence-electron chi connectivity index (χ0n) is 12.1. The van der Waals surface area contributed by atoms with Gasteiger partial charge in [0.2, 0.25) is 0 Å². The molecular formula is C14H22N4O2. The van der Waals surface area contributed by atoms with Crippen LogP contribution in [-0.4, -0.2) is 48.2 Å². The van der Waals surface area contributed by atoms with Crippen LogP contribution in [0.3, 0.4) is 0 Å². The van der Waals surface area contributed by atoms with Crippen LogP contribution >= 0.6 is 0 Å². The number of nitrogens with zero attached hydrogens (tertiary/aromatic N) is 3. The molecule has 110 valence electrons. The molecule has 1 fully saturated rings. The summed E-state index contributed by atoms with van der Waals surface area (Å²) in [7, 11) is 0. The second-order valence-electron chi connectivity index (χ2n) is 4.78. The van der Waals surface area contributed by atoms with E-state index in [0.29, 0.717) is 12.2 Å². The Balaban J connectivity index is 1.96. The summed E-state index contributed by atoms with van der Waals surface area (Å²) in [6.45, 7) is 7.16. The minimum absolute atomic E-state index is 0.142. The molecule has 6 nitrogen and oxygen atoms in total. The van der Waals surface area contributed by atoms with E-state index in [2.05, 4.69) is 34.0 Å². The lowest BCUT2D eigenvalue weighted by Gasteiger charge is -2.19. The number of carbonyl (C=O) groups is 1. The zero-order valence-corrected chi connectivity index (χ0v) is 12.1. The van der Waals surface area contributed by atoms with Gasteiger partial charge in [0.1, 0.15) is 17.8 Å². The zero-order chi connectivity index (χ0) is 14.4. The number of nitrogens with one attached hydrogen (secondary N) is 1. The summed E-state index contributed by atoms with van der Waals surface area (Å²) in [5, 5.41) is 2.87. The van der Waals surface area contributed by atoms with E-state index in [1.807, 2.05) is 0 Å². The van der Waals surface area contributed by atoms with E-state index in [1.54, 1.807) is 6.07 Å². The van der Waals surface area contributed by atoms with E-state index in [9.17, 15) is 4.79 Å². The highest BCUT2D eigenvalue weighted by atomic mass is 16.5. The van der Waals surface area contributed by atoms with Crippen LogP contribution in [0.4, 0.5) is 5.82 Å². The first-order valence-electron chi connectivity index (χ1n) is 7.21. The first kappa shape index (κ1) is 14.7. The predicted octanol–water partition coefficient (Wildman–Crippen LogP) is 1.23. The van der Waals surface area contributed by atoms with Crippen molar-refractivity contribution in [1.82, 2.24) is 15.3 Å². The molecular weight excluding hydrogens is 256 g/mol. The van der Waals surface area contributed by atoms with Crippen LogP contribution in [0.5, 0.6) is 0 Å². The number of anilines is 1. The lowest BCUT2D eigenvalue weighted by atomic mass is 10.2. The van der Waals surface area contributed by atoms with Crippen molar-refractivity contribution in [1.29, 1.82) is 0 Å². The van der Waals surface area contributed by atoms with Gasteiger partial charge in [-0.25, -0.2) is 9.97 Å². The maximum atomic E-state index is 12.1. The predicted molar refractivity (Wildman–Crippen MR) is 76.9 cm³/mol. The normalized spacial score (nSPS) is 18.0. The second kappa shape index (κ2) is 7.19. The summed E-state index contributed by atoms with van der Waals surface area (Å²) in [5.41, 5.74) is 0.403. The van der Waals surface area contributed by atoms with E-state index in [-0.39, 0.29) is 12.0 Å². The van der Waals surface area contributed by atoms with Gasteiger partial charge in [0.15, 0.2) is 0 Å². The van der Waals surface area contributed by atoms with Gasteiger partial charge in [0, 0.05) is 32.3 Å². The van der Waals surface area contributed by atoms with E-state index in [1.165, 1.54) is 6.33 Å². The van der Waals surface area contributed by atoms with E-state index >= 15 is 0 Å². The van der Waals surface area contributed by atoms with E-state index in [0.717, 1.165) is 38.4 Å². The van der Waals surface area contributed by atoms with Crippen LogP contribution in [-0.2, 0) is 4.74 Å². The average Bonchev–Trinajstić information content (AvgIpc) is 3.00. The standard InChI is InChI=1S/C14H22N4O2/c1-3-18(4-2)13-8-12(16-10-17-13)14(19)15-9-11-6-5-7-20-11/h8,10-11H,3-7,9H2,1-2H3,(H,15,19). The van der Waals surface area contributed by atoms with Crippen molar-refractivity contribution in [2.45, 2.75) is 32.8 Å². The van der Waals surface area contributed by atoms with Gasteiger partial charge in [-0.15, -0.1) is 0 Å². The molecule has 1 atom stereocenters. The summed E-state index contributed by atoms with van der Waals surface area (Å²) in [6.07, 6.45) is 3.66. The van der Waals surface area contributed by atoms with Crippen LogP contribution in [0, 0.1) is 0 Å². The second-order valence-corrected chi connectivity index (χ2v) is 4.78. The fraction of sp³-hybridized carbons (Fsp3) is 0.643. The molecule has 1 aliphatic heterocycles. The molecule has 1 saturated heterocycles. The third-order valence-electron chi connectivity index (χ3n) is 3.49. The molecule has 0 saturated carbocycles. The Morgan fingerprint density at radius 3 is 2.90 bits per heavy atom. The molecule has 0 bridgehead atoms. The van der Waals surface area contributed by atoms with Crippen molar-refractivity contribution in [3.63, 3.8) is 0 Å². The Hall–Kier alpha value is -1.69. The van der Waals surface area contributed by atoms with Crippen molar-refractivity contribution in [3.8, 4) is 0 Å². The molecule has 1 aromatic heterocycles. The lowest BCUT2D eigenvalue weighted by molar-refractivity contribution is 0.0853. The van der Waals surface area contributed by atoms with Gasteiger partial charge < -0.3 is 15.0 Å². The molecule has 2 heterocycles. The highest BCUT2D eigenvalue weighted by Crippen LogP contribution is 2.12. The fourth-order valence-corrected chi connectivity index (χ4v) is 2.29. The minimum Gasteiger partial charge on any atom is -0.376 e. The highest BCUT2D eigenvalue weighted by Gasteiger charge is 2.17. The maximum absolute atomic E-state index is 12.1. The molecule has 0 aliphatic carbocycles. The minimum atomic E-state index is -0.170. The van der Waals surface area contributed by atoms with Gasteiger partial charge in [-0.1, -0.05) is 0 Å². The third-order valence-corrected chi connectivity index (χ3v) is 3.49. The van der Waals surface area contributed by atoms with Crippen molar-refractivity contribution in [2.75, 3.05) is 31.1 Å². The van der Waals surface area contributed by atoms with Crippen molar-refractivity contribution in [2.24, 2.45) is 0 Å². The number of rotatable bonds is 6. The molecule has 0 spiro atoms. The van der Waals surface area contributed by atoms with Crippen LogP contribution in [0.2, 0.25) is 0 Å². The Morgan fingerprint density at radius 1 is 1.45 bits per heavy atom. The monoisotopic (exact) mass is 278 g/mol. The SMILES string of the molecule is CCN(CC)c1cc(C(=O)NCC2CCCO2)ncn1. The van der Waals surface area contributed by atoms with Crippen molar-refractivity contribution >= 4 is 11.7 Å². The molecule has 1 aliphatic rings. The summed E-state index contributed by atoms with van der Waals surface area (Å²) >= 11 is 0. The summed E-state index contributed by atoms with van der Waals surface area (Å²) in [6, 6.07) is 1.73. The molecule has 0 aromatic carbocycles. The summed E-state index contributed by atoms with van der Waals surface area (Å²) in [5.74, 6) is 0.614. The van der Waals surface area contributed by atoms with Gasteiger partial charge in [-0.3, -0.25) is 4.79 Å². The molecule has 1 unspecified atom stereocenters. The third kappa shape index (κ3) is 3.66. The van der Waals surface area contributed by atoms with Gasteiger partial charge in [-0.05, 0) is 26.7 Å². The first-order chi connectivity index (χ1) is 9.74. The molecule has 1 aromatic rings. The van der Waals surface area contributed by atoms with E-state index < -0.39 is 0 Å². The molecule has 6 heteroatoms. The van der Waals surface area contributed by atoms with Crippen LogP contribution < -0.4 is 10.2 Å². The largest absolute Gasteiger partial charge is 0.376 e. The Morgan fingerprint density at radius 2 is 2.25 bits per heavy atom. The number of hydrogen-bond acceptors (Lipinski definition) is 5. The summed E-state index contributed by atoms with van der Waals surface area (Å²) < 4.78 is 5.48. The molecule has 20 heavy (non-hydrogen) atoms. The van der Waals surface area contributed by atoms with Crippen molar-refractivity contribution < 1.29 is 9.53 Å². The quantitative estimate of drug-likeness (QED) is 0.847. The van der Waals surface area contributed by atoms with Crippen LogP contribution in [0.25, 0.3) is 0 Å². The fourth-order valence-electron chi connectivity index (χ4n) is 2.29. The van der Waals surface area contributed by atoms with Gasteiger partial charge in [-0.2, -0.15) is 0 Å².